The first-order chi connectivity index (χ1) is 11.1. The summed E-state index contributed by atoms with van der Waals surface area (Å²) >= 11 is 0. The van der Waals surface area contributed by atoms with Gasteiger partial charge in [-0.05, 0) is 0 Å². The lowest BCUT2D eigenvalue weighted by Gasteiger charge is -2.29. The molecular weight excluding hydrogens is 361 g/mol. The van der Waals surface area contributed by atoms with Gasteiger partial charge in [-0.1, -0.05) is 6.58 Å². The van der Waals surface area contributed by atoms with Crippen molar-refractivity contribution in [3.05, 3.63) is 12.7 Å². The highest BCUT2D eigenvalue weighted by Crippen LogP contribution is 2.55. The Morgan fingerprint density at radius 2 is 1.88 bits per heavy atom. The van der Waals surface area contributed by atoms with Gasteiger partial charge < -0.3 is 14.2 Å². The molecule has 3 heterocycles. The lowest BCUT2D eigenvalue weighted by Crippen LogP contribution is -2.52. The fourth-order valence-corrected chi connectivity index (χ4v) is 5.08. The lowest BCUT2D eigenvalue weighted by molar-refractivity contribution is -0.201. The van der Waals surface area contributed by atoms with Crippen molar-refractivity contribution in [2.24, 2.45) is 5.92 Å². The molecule has 134 valence electrons. The fourth-order valence-electron chi connectivity index (χ4n) is 3.21. The van der Waals surface area contributed by atoms with Crippen LogP contribution in [0.15, 0.2) is 12.7 Å². The van der Waals surface area contributed by atoms with Crippen molar-refractivity contribution in [2.75, 3.05) is 6.61 Å². The minimum absolute atomic E-state index is 0.783. The molecule has 6 unspecified atom stereocenters. The molecule has 0 aliphatic carbocycles. The molecular formula is C12H11F3O8S. The Bertz CT molecular complexity index is 687. The van der Waals surface area contributed by atoms with Gasteiger partial charge in [0.15, 0.2) is 12.7 Å². The van der Waals surface area contributed by atoms with E-state index in [-0.39, 0.29) is 0 Å². The van der Waals surface area contributed by atoms with E-state index in [2.05, 4.69) is 15.5 Å². The van der Waals surface area contributed by atoms with Gasteiger partial charge >= 0.3 is 18.1 Å². The van der Waals surface area contributed by atoms with Crippen molar-refractivity contribution >= 4 is 22.1 Å². The molecule has 3 aliphatic rings. The molecule has 0 radical (unpaired) electrons. The van der Waals surface area contributed by atoms with Crippen LogP contribution in [-0.4, -0.2) is 62.8 Å². The van der Waals surface area contributed by atoms with Gasteiger partial charge in [0.2, 0.25) is 0 Å². The second-order valence-electron chi connectivity index (χ2n) is 5.42. The summed E-state index contributed by atoms with van der Waals surface area (Å²) in [5.74, 6) is -4.44. The Balaban J connectivity index is 1.78. The lowest BCUT2D eigenvalue weighted by atomic mass is 9.84. The van der Waals surface area contributed by atoms with Crippen molar-refractivity contribution in [3.8, 4) is 0 Å². The summed E-state index contributed by atoms with van der Waals surface area (Å²) in [5, 5.41) is -1.87. The summed E-state index contributed by atoms with van der Waals surface area (Å²) in [4.78, 5) is 22.5. The van der Waals surface area contributed by atoms with Crippen LogP contribution in [0.2, 0.25) is 0 Å². The molecule has 12 heteroatoms. The Labute approximate surface area is 133 Å². The molecule has 0 aromatic rings. The van der Waals surface area contributed by atoms with E-state index in [1.807, 2.05) is 0 Å². The number of rotatable bonds is 4. The number of halogens is 3. The summed E-state index contributed by atoms with van der Waals surface area (Å²) in [7, 11) is -4.50. The highest BCUT2D eigenvalue weighted by atomic mass is 32.2. The van der Waals surface area contributed by atoms with Gasteiger partial charge in [-0.3, -0.25) is 4.18 Å². The maximum atomic E-state index is 13.2. The van der Waals surface area contributed by atoms with Crippen LogP contribution in [0, 0.1) is 5.92 Å². The quantitative estimate of drug-likeness (QED) is 0.376. The van der Waals surface area contributed by atoms with E-state index in [0.717, 1.165) is 6.08 Å². The average molecular weight is 372 g/mol. The molecule has 0 spiro atoms. The molecule has 24 heavy (non-hydrogen) atoms. The monoisotopic (exact) mass is 372 g/mol. The molecule has 3 saturated heterocycles. The van der Waals surface area contributed by atoms with Crippen LogP contribution < -0.4 is 0 Å². The Morgan fingerprint density at radius 3 is 2.46 bits per heavy atom. The van der Waals surface area contributed by atoms with Crippen molar-refractivity contribution < 1.29 is 49.6 Å². The predicted octanol–water partition coefficient (Wildman–Crippen LogP) is -0.316. The minimum Gasteiger partial charge on any atom is -0.454 e. The Kier molecular flexibility index (Phi) is 3.88. The Morgan fingerprint density at radius 1 is 1.21 bits per heavy atom. The molecule has 0 N–H and O–H groups in total. The number of ether oxygens (including phenoxy) is 3. The zero-order chi connectivity index (χ0) is 17.9. The molecule has 3 aliphatic heterocycles. The first kappa shape index (κ1) is 17.2. The Hall–Kier alpha value is -1.66. The SMILES string of the molecule is C=CC(=O)OCC(=O)OC1C2OS(=O)(=O)C3C2OC1C3C(F)(F)F. The minimum atomic E-state index is -4.88. The highest BCUT2D eigenvalue weighted by molar-refractivity contribution is 7.87. The highest BCUT2D eigenvalue weighted by Gasteiger charge is 2.77. The van der Waals surface area contributed by atoms with Gasteiger partial charge in [0.1, 0.15) is 29.5 Å². The van der Waals surface area contributed by atoms with E-state index >= 15 is 0 Å². The third-order valence-corrected chi connectivity index (χ3v) is 5.76. The summed E-state index contributed by atoms with van der Waals surface area (Å²) < 4.78 is 82.2. The van der Waals surface area contributed by atoms with E-state index < -0.39 is 70.4 Å². The maximum Gasteiger partial charge on any atom is 0.395 e. The molecule has 0 aromatic heterocycles. The standard InChI is InChI=1S/C12H11F3O8S/c1-2-4(16)20-3-5(17)21-8-7-6(12(13,14)15)11-10(22-7)9(8)23-24(11,18)19/h2,6-11H,1,3H2. The van der Waals surface area contributed by atoms with E-state index in [1.54, 1.807) is 0 Å². The van der Waals surface area contributed by atoms with E-state index in [9.17, 15) is 31.2 Å². The van der Waals surface area contributed by atoms with Crippen LogP contribution in [0.5, 0.6) is 0 Å². The van der Waals surface area contributed by atoms with Gasteiger partial charge in [-0.15, -0.1) is 0 Å². The first-order valence-corrected chi connectivity index (χ1v) is 8.16. The van der Waals surface area contributed by atoms with Gasteiger partial charge in [-0.2, -0.15) is 21.6 Å². The van der Waals surface area contributed by atoms with Gasteiger partial charge in [0.25, 0.3) is 10.1 Å². The number of carbonyl (C=O) groups excluding carboxylic acids is 2. The molecule has 8 nitrogen and oxygen atoms in total. The van der Waals surface area contributed by atoms with Crippen molar-refractivity contribution in [3.63, 3.8) is 0 Å². The van der Waals surface area contributed by atoms with Crippen molar-refractivity contribution in [1.29, 1.82) is 0 Å². The van der Waals surface area contributed by atoms with Crippen molar-refractivity contribution in [2.45, 2.75) is 35.8 Å². The largest absolute Gasteiger partial charge is 0.454 e. The van der Waals surface area contributed by atoms with Crippen LogP contribution in [0.25, 0.3) is 0 Å². The van der Waals surface area contributed by atoms with Crippen LogP contribution in [0.4, 0.5) is 13.2 Å². The number of alkyl halides is 3. The number of esters is 2. The average Bonchev–Trinajstić information content (AvgIpc) is 3.06. The summed E-state index contributed by atoms with van der Waals surface area (Å²) in [5.41, 5.74) is 0. The van der Waals surface area contributed by atoms with Crippen LogP contribution in [0.1, 0.15) is 0 Å². The topological polar surface area (TPSA) is 105 Å². The number of hydrogen-bond donors (Lipinski definition) is 0. The molecule has 3 fully saturated rings. The van der Waals surface area contributed by atoms with E-state index in [4.69, 9.17) is 9.47 Å². The van der Waals surface area contributed by atoms with Gasteiger partial charge in [0.05, 0.1) is 0 Å². The number of carbonyl (C=O) groups is 2. The molecule has 3 rings (SSSR count). The van der Waals surface area contributed by atoms with Gasteiger partial charge in [-0.25, -0.2) is 9.59 Å². The summed E-state index contributed by atoms with van der Waals surface area (Å²) in [6.45, 7) is 2.24. The number of fused-ring (bicyclic) bond motifs is 1. The predicted molar refractivity (Wildman–Crippen MR) is 66.8 cm³/mol. The molecule has 6 atom stereocenters. The van der Waals surface area contributed by atoms with Crippen LogP contribution in [-0.2, 0) is 38.1 Å². The normalized spacial score (nSPS) is 38.8. The maximum absolute atomic E-state index is 13.2. The third kappa shape index (κ3) is 2.58. The zero-order valence-corrected chi connectivity index (χ0v) is 12.6. The number of hydrogen-bond acceptors (Lipinski definition) is 8. The fraction of sp³-hybridized carbons (Fsp3) is 0.667. The molecule has 0 aromatic carbocycles. The second-order valence-corrected chi connectivity index (χ2v) is 7.14. The smallest absolute Gasteiger partial charge is 0.395 e. The summed E-state index contributed by atoms with van der Waals surface area (Å²) in [6, 6.07) is 0. The van der Waals surface area contributed by atoms with E-state index in [1.165, 1.54) is 0 Å². The van der Waals surface area contributed by atoms with Crippen LogP contribution in [0.3, 0.4) is 0 Å². The van der Waals surface area contributed by atoms with Gasteiger partial charge in [0, 0.05) is 6.08 Å². The van der Waals surface area contributed by atoms with E-state index in [0.29, 0.717) is 0 Å². The molecule has 0 saturated carbocycles. The first-order valence-electron chi connectivity index (χ1n) is 6.69. The third-order valence-electron chi connectivity index (χ3n) is 4.04. The van der Waals surface area contributed by atoms with Crippen molar-refractivity contribution in [1.82, 2.24) is 0 Å². The molecule has 0 amide bonds. The summed E-state index contributed by atoms with van der Waals surface area (Å²) in [6.07, 6.45) is -10.1. The zero-order valence-electron chi connectivity index (χ0n) is 11.8. The van der Waals surface area contributed by atoms with Crippen LogP contribution >= 0.6 is 0 Å². The second kappa shape index (κ2) is 5.43. The molecule has 2 bridgehead atoms.